The minimum absolute atomic E-state index is 0.117. The maximum absolute atomic E-state index is 12.8. The van der Waals surface area contributed by atoms with Gasteiger partial charge in [-0.2, -0.15) is 0 Å². The van der Waals surface area contributed by atoms with E-state index in [-0.39, 0.29) is 17.8 Å². The van der Waals surface area contributed by atoms with Crippen molar-refractivity contribution in [2.75, 3.05) is 7.05 Å². The second kappa shape index (κ2) is 7.19. The number of hydrogen-bond acceptors (Lipinski definition) is 3. The molecule has 1 amide bonds. The van der Waals surface area contributed by atoms with E-state index in [0.29, 0.717) is 10.7 Å². The smallest absolute Gasteiger partial charge is 0.291 e. The molecule has 0 bridgehead atoms. The lowest BCUT2D eigenvalue weighted by molar-refractivity contribution is 0.0728. The summed E-state index contributed by atoms with van der Waals surface area (Å²) in [6.07, 6.45) is 0.868. The summed E-state index contributed by atoms with van der Waals surface area (Å²) in [5.41, 5.74) is 2.20. The Morgan fingerprint density at radius 2 is 1.80 bits per heavy atom. The highest BCUT2D eigenvalue weighted by Gasteiger charge is 2.21. The van der Waals surface area contributed by atoms with Crippen LogP contribution in [0.25, 0.3) is 22.2 Å². The highest BCUT2D eigenvalue weighted by Crippen LogP contribution is 2.31. The standard InChI is InChI=1S/C20H20ClN3O/c1-4-13(2)24(3)20(25)19-22-17-12-8-6-10-15(17)18(23-19)14-9-5-7-11-16(14)21/h5-13H,4H2,1-3H3/t13-/m1/s1/i3-1. The van der Waals surface area contributed by atoms with Gasteiger partial charge in [-0.25, -0.2) is 9.97 Å². The van der Waals surface area contributed by atoms with Crippen molar-refractivity contribution in [2.45, 2.75) is 26.3 Å². The van der Waals surface area contributed by atoms with Crippen molar-refractivity contribution in [3.05, 3.63) is 59.4 Å². The fourth-order valence-corrected chi connectivity index (χ4v) is 2.89. The number of halogens is 1. The zero-order valence-electron chi connectivity index (χ0n) is 14.5. The number of fused-ring (bicyclic) bond motifs is 1. The van der Waals surface area contributed by atoms with E-state index in [4.69, 9.17) is 11.6 Å². The molecule has 0 aliphatic rings. The number of hydrogen-bond donors (Lipinski definition) is 0. The van der Waals surface area contributed by atoms with Gasteiger partial charge in [-0.15, -0.1) is 0 Å². The van der Waals surface area contributed by atoms with Gasteiger partial charge in [0.1, 0.15) is 0 Å². The van der Waals surface area contributed by atoms with Gasteiger partial charge in [0.05, 0.1) is 11.2 Å². The highest BCUT2D eigenvalue weighted by atomic mass is 35.5. The third-order valence-electron chi connectivity index (χ3n) is 4.50. The van der Waals surface area contributed by atoms with Gasteiger partial charge in [-0.3, -0.25) is 4.79 Å². The number of amides is 1. The van der Waals surface area contributed by atoms with Crippen molar-refractivity contribution < 1.29 is 4.79 Å². The quantitative estimate of drug-likeness (QED) is 0.676. The first kappa shape index (κ1) is 17.4. The van der Waals surface area contributed by atoms with Crippen molar-refractivity contribution in [1.29, 1.82) is 0 Å². The Labute approximate surface area is 152 Å². The topological polar surface area (TPSA) is 46.1 Å². The van der Waals surface area contributed by atoms with E-state index in [9.17, 15) is 4.79 Å². The van der Waals surface area contributed by atoms with Crippen LogP contribution in [0.1, 0.15) is 30.9 Å². The summed E-state index contributed by atoms with van der Waals surface area (Å²) in [5, 5.41) is 1.47. The fourth-order valence-electron chi connectivity index (χ4n) is 2.66. The maximum atomic E-state index is 12.8. The van der Waals surface area contributed by atoms with Gasteiger partial charge in [0, 0.05) is 29.1 Å². The molecule has 1 aromatic heterocycles. The molecule has 2 aromatic carbocycles. The molecule has 0 spiro atoms. The van der Waals surface area contributed by atoms with E-state index in [2.05, 4.69) is 9.97 Å². The second-order valence-corrected chi connectivity index (χ2v) is 6.47. The van der Waals surface area contributed by atoms with Crippen LogP contribution in [0.5, 0.6) is 0 Å². The molecule has 0 aliphatic carbocycles. The highest BCUT2D eigenvalue weighted by molar-refractivity contribution is 6.33. The molecule has 1 heterocycles. The van der Waals surface area contributed by atoms with Crippen LogP contribution in [-0.2, 0) is 0 Å². The molecular weight excluding hydrogens is 333 g/mol. The molecule has 25 heavy (non-hydrogen) atoms. The molecule has 5 heteroatoms. The molecule has 4 nitrogen and oxygen atoms in total. The van der Waals surface area contributed by atoms with Gasteiger partial charge in [-0.1, -0.05) is 54.9 Å². The van der Waals surface area contributed by atoms with E-state index >= 15 is 0 Å². The normalized spacial score (nSPS) is 12.2. The average Bonchev–Trinajstić information content (AvgIpc) is 2.65. The van der Waals surface area contributed by atoms with Crippen LogP contribution in [0.15, 0.2) is 48.5 Å². The molecular formula is C20H20ClN3O. The van der Waals surface area contributed by atoms with Crippen LogP contribution in [0.4, 0.5) is 0 Å². The largest absolute Gasteiger partial charge is 0.336 e. The summed E-state index contributed by atoms with van der Waals surface area (Å²) in [7, 11) is 1.78. The van der Waals surface area contributed by atoms with Crippen LogP contribution in [0.2, 0.25) is 5.02 Å². The van der Waals surface area contributed by atoms with E-state index in [1.807, 2.05) is 62.4 Å². The van der Waals surface area contributed by atoms with Gasteiger partial charge < -0.3 is 4.90 Å². The number of carbonyl (C=O) groups excluding carboxylic acids is 1. The van der Waals surface area contributed by atoms with E-state index in [1.165, 1.54) is 0 Å². The molecule has 0 N–H and O–H groups in total. The number of para-hydroxylation sites is 1. The Kier molecular flexibility index (Phi) is 5.00. The van der Waals surface area contributed by atoms with Gasteiger partial charge in [0.25, 0.3) is 5.91 Å². The Morgan fingerprint density at radius 3 is 2.52 bits per heavy atom. The van der Waals surface area contributed by atoms with Gasteiger partial charge in [0.15, 0.2) is 0 Å². The molecule has 0 fully saturated rings. The summed E-state index contributed by atoms with van der Waals surface area (Å²) >= 11 is 6.37. The molecule has 1 atom stereocenters. The van der Waals surface area contributed by atoms with E-state index < -0.39 is 0 Å². The third-order valence-corrected chi connectivity index (χ3v) is 4.83. The Hall–Kier alpha value is -2.46. The molecule has 3 rings (SSSR count). The van der Waals surface area contributed by atoms with Gasteiger partial charge >= 0.3 is 0 Å². The summed E-state index contributed by atoms with van der Waals surface area (Å²) in [5.74, 6) is 0.00447. The summed E-state index contributed by atoms with van der Waals surface area (Å²) in [6.45, 7) is 4.05. The molecule has 0 aliphatic heterocycles. The first-order valence-corrected chi connectivity index (χ1v) is 8.69. The SMILES string of the molecule is CC[C@@H](C)N([11CH3])C(=O)c1nc(-c2ccccc2Cl)c2ccccc2n1. The minimum Gasteiger partial charge on any atom is -0.336 e. The molecule has 0 saturated carbocycles. The molecule has 0 saturated heterocycles. The van der Waals surface area contributed by atoms with Crippen molar-refractivity contribution in [1.82, 2.24) is 14.9 Å². The summed E-state index contributed by atoms with van der Waals surface area (Å²) in [6, 6.07) is 15.3. The lowest BCUT2D eigenvalue weighted by atomic mass is 10.1. The fraction of sp³-hybridized carbons (Fsp3) is 0.250. The zero-order valence-corrected chi connectivity index (χ0v) is 15.3. The van der Waals surface area contributed by atoms with E-state index in [1.54, 1.807) is 11.9 Å². The Morgan fingerprint density at radius 1 is 1.12 bits per heavy atom. The Bertz CT molecular complexity index is 926. The van der Waals surface area contributed by atoms with Gasteiger partial charge in [-0.05, 0) is 25.5 Å². The Balaban J connectivity index is 2.20. The number of nitrogens with zero attached hydrogens (tertiary/aromatic N) is 3. The van der Waals surface area contributed by atoms with Crippen molar-refractivity contribution in [3.8, 4) is 11.3 Å². The predicted octanol–water partition coefficient (Wildman–Crippen LogP) is 4.82. The molecule has 128 valence electrons. The van der Waals surface area contributed by atoms with Gasteiger partial charge in [0.2, 0.25) is 5.82 Å². The maximum Gasteiger partial charge on any atom is 0.291 e. The number of rotatable bonds is 4. The lowest BCUT2D eigenvalue weighted by Gasteiger charge is -2.23. The summed E-state index contributed by atoms with van der Waals surface area (Å²) < 4.78 is 0. The monoisotopic (exact) mass is 352 g/mol. The van der Waals surface area contributed by atoms with Crippen LogP contribution >= 0.6 is 11.6 Å². The van der Waals surface area contributed by atoms with Crippen molar-refractivity contribution in [2.24, 2.45) is 0 Å². The molecule has 3 aromatic rings. The first-order chi connectivity index (χ1) is 12.0. The number of benzene rings is 2. The zero-order chi connectivity index (χ0) is 18.0. The summed E-state index contributed by atoms with van der Waals surface area (Å²) in [4.78, 5) is 23.6. The molecule has 0 radical (unpaired) electrons. The van der Waals surface area contributed by atoms with Crippen molar-refractivity contribution >= 4 is 28.4 Å². The average molecular weight is 353 g/mol. The predicted molar refractivity (Wildman–Crippen MR) is 102 cm³/mol. The van der Waals surface area contributed by atoms with Crippen LogP contribution in [0.3, 0.4) is 0 Å². The first-order valence-electron chi connectivity index (χ1n) is 8.31. The molecule has 0 unspecified atom stereocenters. The van der Waals surface area contributed by atoms with Crippen LogP contribution in [0, 0.1) is 0 Å². The minimum atomic E-state index is -0.187. The number of carbonyl (C=O) groups is 1. The third kappa shape index (κ3) is 3.35. The lowest BCUT2D eigenvalue weighted by Crippen LogP contribution is -2.35. The van der Waals surface area contributed by atoms with Crippen molar-refractivity contribution in [3.63, 3.8) is 0 Å². The second-order valence-electron chi connectivity index (χ2n) is 6.07. The number of aromatic nitrogens is 2. The van der Waals surface area contributed by atoms with Crippen LogP contribution < -0.4 is 0 Å². The van der Waals surface area contributed by atoms with Crippen LogP contribution in [-0.4, -0.2) is 33.9 Å². The van der Waals surface area contributed by atoms with E-state index in [0.717, 1.165) is 22.9 Å².